The highest BCUT2D eigenvalue weighted by Gasteiger charge is 2.31. The molecule has 0 saturated carbocycles. The second kappa shape index (κ2) is 12.4. The van der Waals surface area contributed by atoms with Crippen LogP contribution in [0.5, 0.6) is 0 Å². The fourth-order valence-electron chi connectivity index (χ4n) is 4.88. The van der Waals surface area contributed by atoms with E-state index >= 15 is 0 Å². The minimum atomic E-state index is -4.51. The third-order valence-corrected chi connectivity index (χ3v) is 7.13. The van der Waals surface area contributed by atoms with Gasteiger partial charge in [-0.15, -0.1) is 0 Å². The first-order chi connectivity index (χ1) is 21.8. The molecule has 0 unspecified atom stereocenters. The number of pyridine rings is 3. The largest absolute Gasteiger partial charge is 0.417 e. The molecule has 2 N–H and O–H groups in total. The van der Waals surface area contributed by atoms with Gasteiger partial charge in [0.1, 0.15) is 0 Å². The number of nitrogens with one attached hydrogen (secondary N) is 2. The van der Waals surface area contributed by atoms with E-state index in [2.05, 4.69) is 25.6 Å². The van der Waals surface area contributed by atoms with Crippen LogP contribution in [0.4, 0.5) is 18.9 Å². The highest BCUT2D eigenvalue weighted by Crippen LogP contribution is 2.31. The Kier molecular flexibility index (Phi) is 8.03. The van der Waals surface area contributed by atoms with Gasteiger partial charge in [-0.05, 0) is 54.1 Å². The molecule has 0 saturated heterocycles. The number of carbonyl (C=O) groups excluding carboxylic acids is 2. The van der Waals surface area contributed by atoms with Crippen LogP contribution >= 0.6 is 0 Å². The van der Waals surface area contributed by atoms with Crippen LogP contribution < -0.4 is 10.6 Å². The molecule has 0 radical (unpaired) electrons. The number of alkyl halides is 3. The molecule has 10 heteroatoms. The summed E-state index contributed by atoms with van der Waals surface area (Å²) in [4.78, 5) is 39.4. The topological polar surface area (TPSA) is 96.9 Å². The van der Waals surface area contributed by atoms with Crippen LogP contribution in [0.3, 0.4) is 0 Å². The number of rotatable bonds is 7. The molecule has 222 valence electrons. The van der Waals surface area contributed by atoms with E-state index in [-0.39, 0.29) is 17.2 Å². The number of amides is 2. The molecular formula is C35H24F3N5O2. The van der Waals surface area contributed by atoms with E-state index in [0.29, 0.717) is 33.4 Å². The van der Waals surface area contributed by atoms with Crippen LogP contribution in [-0.4, -0.2) is 26.8 Å². The Morgan fingerprint density at radius 2 is 1.49 bits per heavy atom. The Bertz CT molecular complexity index is 1940. The third-order valence-electron chi connectivity index (χ3n) is 7.13. The summed E-state index contributed by atoms with van der Waals surface area (Å²) in [6.45, 7) is 0. The maximum Gasteiger partial charge on any atom is 0.417 e. The van der Waals surface area contributed by atoms with Crippen molar-refractivity contribution in [2.45, 2.75) is 12.2 Å². The zero-order valence-electron chi connectivity index (χ0n) is 23.5. The molecule has 45 heavy (non-hydrogen) atoms. The van der Waals surface area contributed by atoms with Crippen molar-refractivity contribution >= 4 is 28.4 Å². The Morgan fingerprint density at radius 1 is 0.711 bits per heavy atom. The van der Waals surface area contributed by atoms with Gasteiger partial charge in [-0.3, -0.25) is 24.5 Å². The predicted octanol–water partition coefficient (Wildman–Crippen LogP) is 7.48. The summed E-state index contributed by atoms with van der Waals surface area (Å²) < 4.78 is 39.0. The van der Waals surface area contributed by atoms with Crippen molar-refractivity contribution < 1.29 is 22.8 Å². The van der Waals surface area contributed by atoms with E-state index in [4.69, 9.17) is 0 Å². The first-order valence-corrected chi connectivity index (χ1v) is 13.9. The molecule has 1 atom stereocenters. The highest BCUT2D eigenvalue weighted by atomic mass is 19.4. The summed E-state index contributed by atoms with van der Waals surface area (Å²) >= 11 is 0. The molecule has 3 aromatic carbocycles. The van der Waals surface area contributed by atoms with E-state index in [9.17, 15) is 22.8 Å². The van der Waals surface area contributed by atoms with E-state index in [1.807, 2.05) is 48.5 Å². The molecule has 0 fully saturated rings. The van der Waals surface area contributed by atoms with Gasteiger partial charge in [0.2, 0.25) is 0 Å². The lowest BCUT2D eigenvalue weighted by Crippen LogP contribution is -2.30. The first-order valence-electron chi connectivity index (χ1n) is 13.9. The Morgan fingerprint density at radius 3 is 2.22 bits per heavy atom. The van der Waals surface area contributed by atoms with Crippen LogP contribution in [0.15, 0.2) is 128 Å². The molecule has 3 aromatic heterocycles. The van der Waals surface area contributed by atoms with Gasteiger partial charge in [0.15, 0.2) is 0 Å². The molecule has 6 rings (SSSR count). The fraction of sp³-hybridized carbons (Fsp3) is 0.0571. The number of fused-ring (bicyclic) bond motifs is 1. The summed E-state index contributed by atoms with van der Waals surface area (Å²) in [5, 5.41) is 6.56. The van der Waals surface area contributed by atoms with Crippen LogP contribution in [0, 0.1) is 0 Å². The SMILES string of the molecule is O=C(N[C@@H](c1ccccc1)c1ccccn1)c1cnc2cc(NC(=O)c3ccccc3-c3ccc(C(F)(F)F)cn3)ccc2c1. The predicted molar refractivity (Wildman–Crippen MR) is 164 cm³/mol. The van der Waals surface area contributed by atoms with Crippen molar-refractivity contribution in [3.05, 3.63) is 156 Å². The van der Waals surface area contributed by atoms with Crippen molar-refractivity contribution in [1.82, 2.24) is 20.3 Å². The lowest BCUT2D eigenvalue weighted by atomic mass is 10.0. The highest BCUT2D eigenvalue weighted by molar-refractivity contribution is 6.09. The van der Waals surface area contributed by atoms with Crippen LogP contribution in [0.1, 0.15) is 43.6 Å². The van der Waals surface area contributed by atoms with Crippen molar-refractivity contribution in [2.24, 2.45) is 0 Å². The van der Waals surface area contributed by atoms with Crippen LogP contribution in [0.2, 0.25) is 0 Å². The van der Waals surface area contributed by atoms with Gasteiger partial charge in [0, 0.05) is 40.8 Å². The average Bonchev–Trinajstić information content (AvgIpc) is 3.07. The fourth-order valence-corrected chi connectivity index (χ4v) is 4.88. The maximum absolute atomic E-state index is 13.3. The van der Waals surface area contributed by atoms with Gasteiger partial charge in [0.05, 0.1) is 34.1 Å². The molecule has 0 aliphatic carbocycles. The van der Waals surface area contributed by atoms with Crippen molar-refractivity contribution in [3.63, 3.8) is 0 Å². The molecule has 6 aromatic rings. The van der Waals surface area contributed by atoms with Crippen LogP contribution in [0.25, 0.3) is 22.2 Å². The second-order valence-corrected chi connectivity index (χ2v) is 10.1. The van der Waals surface area contributed by atoms with Crippen LogP contribution in [-0.2, 0) is 6.18 Å². The average molecular weight is 604 g/mol. The van der Waals surface area contributed by atoms with E-state index in [0.717, 1.165) is 17.8 Å². The van der Waals surface area contributed by atoms with Crippen molar-refractivity contribution in [2.75, 3.05) is 5.32 Å². The molecule has 3 heterocycles. The number of aromatic nitrogens is 3. The van der Waals surface area contributed by atoms with E-state index < -0.39 is 23.7 Å². The monoisotopic (exact) mass is 603 g/mol. The number of hydrogen-bond acceptors (Lipinski definition) is 5. The van der Waals surface area contributed by atoms with Gasteiger partial charge in [-0.1, -0.05) is 60.7 Å². The van der Waals surface area contributed by atoms with Gasteiger partial charge < -0.3 is 10.6 Å². The number of anilines is 1. The smallest absolute Gasteiger partial charge is 0.339 e. The maximum atomic E-state index is 13.3. The van der Waals surface area contributed by atoms with Gasteiger partial charge in [-0.25, -0.2) is 0 Å². The zero-order valence-corrected chi connectivity index (χ0v) is 23.5. The molecule has 0 aliphatic heterocycles. The molecular weight excluding hydrogens is 579 g/mol. The van der Waals surface area contributed by atoms with Crippen molar-refractivity contribution in [3.8, 4) is 11.3 Å². The molecule has 0 bridgehead atoms. The summed E-state index contributed by atoms with van der Waals surface area (Å²) in [7, 11) is 0. The summed E-state index contributed by atoms with van der Waals surface area (Å²) in [5.74, 6) is -0.793. The van der Waals surface area contributed by atoms with E-state index in [1.54, 1.807) is 54.7 Å². The number of nitrogens with zero attached hydrogens (tertiary/aromatic N) is 3. The molecule has 0 aliphatic rings. The number of halogens is 3. The number of benzene rings is 3. The normalized spacial score (nSPS) is 12.0. The lowest BCUT2D eigenvalue weighted by molar-refractivity contribution is -0.137. The Labute approximate surface area is 255 Å². The lowest BCUT2D eigenvalue weighted by Gasteiger charge is -2.19. The van der Waals surface area contributed by atoms with Gasteiger partial charge in [0.25, 0.3) is 11.8 Å². The molecule has 7 nitrogen and oxygen atoms in total. The minimum absolute atomic E-state index is 0.234. The minimum Gasteiger partial charge on any atom is -0.339 e. The number of carbonyl (C=O) groups is 2. The summed E-state index contributed by atoms with van der Waals surface area (Å²) in [5.41, 5.74) is 2.92. The van der Waals surface area contributed by atoms with Gasteiger partial charge >= 0.3 is 6.18 Å². The summed E-state index contributed by atoms with van der Waals surface area (Å²) in [6, 6.07) is 30.1. The molecule has 0 spiro atoms. The quantitative estimate of drug-likeness (QED) is 0.197. The third kappa shape index (κ3) is 6.54. The zero-order chi connectivity index (χ0) is 31.4. The number of hydrogen-bond donors (Lipinski definition) is 2. The Balaban J connectivity index is 1.20. The second-order valence-electron chi connectivity index (χ2n) is 10.1. The standard InChI is InChI=1S/C35H24F3N5O2/c36-35(37,38)25-14-16-29(41-21-25)27-10-4-5-11-28(27)34(45)42-26-15-13-23-18-24(20-40-31(23)19-26)33(44)43-32(22-8-2-1-3-9-22)30-12-6-7-17-39-30/h1-21,32H,(H,42,45)(H,43,44)/t32-/m0/s1. The van der Waals surface area contributed by atoms with E-state index in [1.165, 1.54) is 12.3 Å². The first kappa shape index (κ1) is 29.2. The molecule has 2 amide bonds. The van der Waals surface area contributed by atoms with Crippen molar-refractivity contribution in [1.29, 1.82) is 0 Å². The Hall–Kier alpha value is -5.90. The summed E-state index contributed by atoms with van der Waals surface area (Å²) in [6.07, 6.45) is -0.625. The van der Waals surface area contributed by atoms with Gasteiger partial charge in [-0.2, -0.15) is 13.2 Å².